The van der Waals surface area contributed by atoms with Gasteiger partial charge >= 0.3 is 0 Å². The van der Waals surface area contributed by atoms with E-state index in [9.17, 15) is 15.0 Å². The van der Waals surface area contributed by atoms with Crippen LogP contribution in [0.3, 0.4) is 0 Å². The second kappa shape index (κ2) is 11.0. The van der Waals surface area contributed by atoms with Crippen LogP contribution in [-0.2, 0) is 11.2 Å². The van der Waals surface area contributed by atoms with E-state index in [2.05, 4.69) is 31.2 Å². The summed E-state index contributed by atoms with van der Waals surface area (Å²) in [5.41, 5.74) is 3.80. The maximum atomic E-state index is 12.2. The number of aryl methyl sites for hydroxylation is 1. The summed E-state index contributed by atoms with van der Waals surface area (Å²) in [5.74, 6) is 3.18. The molecule has 0 unspecified atom stereocenters. The van der Waals surface area contributed by atoms with Gasteiger partial charge in [0.2, 0.25) is 5.91 Å². The molecular formula is C27H37NO3S. The molecular weight excluding hydrogens is 418 g/mol. The number of benzene rings is 1. The summed E-state index contributed by atoms with van der Waals surface area (Å²) in [6, 6.07) is 8.25. The third-order valence-electron chi connectivity index (χ3n) is 7.24. The summed E-state index contributed by atoms with van der Waals surface area (Å²) >= 11 is 1.86. The van der Waals surface area contributed by atoms with Gasteiger partial charge in [-0.1, -0.05) is 53.6 Å². The molecule has 1 aromatic rings. The first-order chi connectivity index (χ1) is 15.5. The van der Waals surface area contributed by atoms with Crippen molar-refractivity contribution < 1.29 is 15.0 Å². The number of likely N-dealkylation sites (tertiary alicyclic amines) is 1. The molecule has 0 radical (unpaired) electrons. The van der Waals surface area contributed by atoms with Gasteiger partial charge in [-0.2, -0.15) is 11.8 Å². The number of carbonyl (C=O) groups excluding carboxylic acids is 1. The molecule has 1 aromatic carbocycles. The Bertz CT molecular complexity index is 845. The van der Waals surface area contributed by atoms with E-state index in [-0.39, 0.29) is 12.0 Å². The number of carbonyl (C=O) groups is 1. The lowest BCUT2D eigenvalue weighted by molar-refractivity contribution is -0.129. The third kappa shape index (κ3) is 6.06. The summed E-state index contributed by atoms with van der Waals surface area (Å²) in [6.45, 7) is 3.94. The van der Waals surface area contributed by atoms with E-state index in [1.165, 1.54) is 11.1 Å². The van der Waals surface area contributed by atoms with Gasteiger partial charge in [-0.3, -0.25) is 4.79 Å². The lowest BCUT2D eigenvalue weighted by Crippen LogP contribution is -2.27. The average molecular weight is 456 g/mol. The lowest BCUT2D eigenvalue weighted by atomic mass is 9.89. The Labute approximate surface area is 196 Å². The largest absolute Gasteiger partial charge is 0.392 e. The van der Waals surface area contributed by atoms with E-state index in [0.29, 0.717) is 30.6 Å². The smallest absolute Gasteiger partial charge is 0.223 e. The zero-order valence-corrected chi connectivity index (χ0v) is 20.0. The van der Waals surface area contributed by atoms with Gasteiger partial charge in [-0.05, 0) is 50.0 Å². The summed E-state index contributed by atoms with van der Waals surface area (Å²) < 4.78 is 0. The fraction of sp³-hybridized carbons (Fsp3) is 0.593. The Kier molecular flexibility index (Phi) is 8.14. The van der Waals surface area contributed by atoms with Gasteiger partial charge in [0.1, 0.15) is 0 Å². The topological polar surface area (TPSA) is 60.8 Å². The van der Waals surface area contributed by atoms with E-state index in [1.54, 1.807) is 0 Å². The predicted octanol–water partition coefficient (Wildman–Crippen LogP) is 4.14. The Morgan fingerprint density at radius 2 is 2.12 bits per heavy atom. The van der Waals surface area contributed by atoms with Crippen LogP contribution in [0.25, 0.3) is 0 Å². The van der Waals surface area contributed by atoms with Crippen molar-refractivity contribution in [3.05, 3.63) is 59.2 Å². The summed E-state index contributed by atoms with van der Waals surface area (Å²) in [5, 5.41) is 21.1. The molecule has 5 heteroatoms. The Hall–Kier alpha value is -1.56. The molecule has 0 bridgehead atoms. The van der Waals surface area contributed by atoms with Crippen molar-refractivity contribution >= 4 is 17.7 Å². The van der Waals surface area contributed by atoms with Gasteiger partial charge < -0.3 is 15.1 Å². The molecule has 2 fully saturated rings. The normalized spacial score (nSPS) is 28.3. The molecule has 5 atom stereocenters. The van der Waals surface area contributed by atoms with E-state index in [0.717, 1.165) is 55.8 Å². The molecule has 1 aliphatic heterocycles. The molecule has 3 aliphatic rings. The zero-order valence-electron chi connectivity index (χ0n) is 19.2. The van der Waals surface area contributed by atoms with Gasteiger partial charge in [0.05, 0.1) is 12.2 Å². The monoisotopic (exact) mass is 455 g/mol. The minimum Gasteiger partial charge on any atom is -0.392 e. The molecule has 4 rings (SSSR count). The van der Waals surface area contributed by atoms with Crippen LogP contribution in [0.5, 0.6) is 0 Å². The molecule has 1 saturated carbocycles. The highest BCUT2D eigenvalue weighted by molar-refractivity contribution is 7.99. The van der Waals surface area contributed by atoms with Crippen molar-refractivity contribution in [1.29, 1.82) is 0 Å². The number of amides is 1. The fourth-order valence-electron chi connectivity index (χ4n) is 5.60. The predicted molar refractivity (Wildman–Crippen MR) is 132 cm³/mol. The number of aliphatic hydroxyl groups is 2. The van der Waals surface area contributed by atoms with Gasteiger partial charge in [0, 0.05) is 43.4 Å². The molecule has 32 heavy (non-hydrogen) atoms. The van der Waals surface area contributed by atoms with Gasteiger partial charge in [-0.25, -0.2) is 0 Å². The number of hydrogen-bond acceptors (Lipinski definition) is 4. The van der Waals surface area contributed by atoms with E-state index >= 15 is 0 Å². The van der Waals surface area contributed by atoms with Crippen LogP contribution in [-0.4, -0.2) is 57.8 Å². The van der Waals surface area contributed by atoms with Crippen molar-refractivity contribution in [3.63, 3.8) is 0 Å². The molecule has 2 aliphatic carbocycles. The minimum absolute atomic E-state index is 0.114. The van der Waals surface area contributed by atoms with Gasteiger partial charge in [-0.15, -0.1) is 0 Å². The molecule has 0 spiro atoms. The van der Waals surface area contributed by atoms with Crippen molar-refractivity contribution in [2.75, 3.05) is 24.6 Å². The molecule has 1 saturated heterocycles. The second-order valence-corrected chi connectivity index (χ2v) is 10.9. The summed E-state index contributed by atoms with van der Waals surface area (Å²) in [4.78, 5) is 14.2. The number of allylic oxidation sites excluding steroid dienone is 1. The molecule has 1 amide bonds. The third-order valence-corrected chi connectivity index (χ3v) is 8.31. The first-order valence-corrected chi connectivity index (χ1v) is 13.3. The van der Waals surface area contributed by atoms with Crippen molar-refractivity contribution in [3.8, 4) is 0 Å². The number of rotatable bonds is 9. The van der Waals surface area contributed by atoms with E-state index in [1.807, 2.05) is 34.9 Å². The molecule has 2 N–H and O–H groups in total. The van der Waals surface area contributed by atoms with E-state index < -0.39 is 6.10 Å². The Morgan fingerprint density at radius 1 is 1.31 bits per heavy atom. The highest BCUT2D eigenvalue weighted by Crippen LogP contribution is 2.47. The highest BCUT2D eigenvalue weighted by atomic mass is 32.2. The Morgan fingerprint density at radius 3 is 2.91 bits per heavy atom. The SMILES string of the molecule is Cc1cccc(C[C@H](O)/C=C/[C@@H]2[C@H]3CC(CSCCC(=O)N4CCCC4)=C[C@H]3C[C@H]2O)c1. The first kappa shape index (κ1) is 23.6. The maximum Gasteiger partial charge on any atom is 0.223 e. The van der Waals surface area contributed by atoms with Crippen molar-refractivity contribution in [2.24, 2.45) is 17.8 Å². The number of fused-ring (bicyclic) bond motifs is 1. The van der Waals surface area contributed by atoms with Crippen LogP contribution < -0.4 is 0 Å². The highest BCUT2D eigenvalue weighted by Gasteiger charge is 2.43. The van der Waals surface area contributed by atoms with Gasteiger partial charge in [0.15, 0.2) is 0 Å². The quantitative estimate of drug-likeness (QED) is 0.434. The fourth-order valence-corrected chi connectivity index (χ4v) is 6.54. The minimum atomic E-state index is -0.527. The van der Waals surface area contributed by atoms with Gasteiger partial charge in [0.25, 0.3) is 0 Å². The van der Waals surface area contributed by atoms with Crippen LogP contribution in [0.15, 0.2) is 48.1 Å². The number of nitrogens with zero attached hydrogens (tertiary/aromatic N) is 1. The van der Waals surface area contributed by atoms with Crippen LogP contribution in [0.4, 0.5) is 0 Å². The van der Waals surface area contributed by atoms with Crippen LogP contribution in [0.2, 0.25) is 0 Å². The van der Waals surface area contributed by atoms with Crippen LogP contribution in [0.1, 0.15) is 43.2 Å². The summed E-state index contributed by atoms with van der Waals surface area (Å²) in [6.07, 6.45) is 10.9. The molecule has 4 nitrogen and oxygen atoms in total. The molecule has 0 aromatic heterocycles. The number of aliphatic hydroxyl groups excluding tert-OH is 2. The lowest BCUT2D eigenvalue weighted by Gasteiger charge is -2.19. The number of thioether (sulfide) groups is 1. The summed E-state index contributed by atoms with van der Waals surface area (Å²) in [7, 11) is 0. The standard InChI is InChI=1S/C27H37NO3S/c1-19-5-4-6-20(13-19)15-23(29)7-8-24-25-16-21(14-22(25)17-26(24)30)18-32-12-9-27(31)28-10-2-3-11-28/h4-8,13-14,22-26,29-30H,2-3,9-12,15-18H2,1H3/b8-7+/t22-,23+,24+,25-,26+/m0/s1. The average Bonchev–Trinajstić information content (AvgIpc) is 3.47. The number of hydrogen-bond donors (Lipinski definition) is 2. The second-order valence-electron chi connectivity index (χ2n) is 9.77. The Balaban J connectivity index is 1.22. The zero-order chi connectivity index (χ0) is 22.5. The van der Waals surface area contributed by atoms with E-state index in [4.69, 9.17) is 0 Å². The van der Waals surface area contributed by atoms with Crippen LogP contribution in [0, 0.1) is 24.7 Å². The first-order valence-electron chi connectivity index (χ1n) is 12.1. The maximum absolute atomic E-state index is 12.2. The van der Waals surface area contributed by atoms with Crippen LogP contribution >= 0.6 is 11.8 Å². The molecule has 1 heterocycles. The molecule has 174 valence electrons. The van der Waals surface area contributed by atoms with Crippen molar-refractivity contribution in [2.45, 2.75) is 57.7 Å². The van der Waals surface area contributed by atoms with Crippen molar-refractivity contribution in [1.82, 2.24) is 4.90 Å².